The number of hydrazine groups is 1. The highest BCUT2D eigenvalue weighted by atomic mass is 35.5. The largest absolute Gasteiger partial charge is 0.415 e. The van der Waals surface area contributed by atoms with E-state index in [1.807, 2.05) is 0 Å². The van der Waals surface area contributed by atoms with Gasteiger partial charge in [-0.1, -0.05) is 23.7 Å². The van der Waals surface area contributed by atoms with Crippen molar-refractivity contribution in [3.05, 3.63) is 58.9 Å². The molecule has 3 aromatic rings. The van der Waals surface area contributed by atoms with E-state index in [1.165, 1.54) is 5.01 Å². The first-order valence-corrected chi connectivity index (χ1v) is 7.60. The fourth-order valence-corrected chi connectivity index (χ4v) is 2.41. The predicted octanol–water partition coefficient (Wildman–Crippen LogP) is 3.79. The maximum Gasteiger partial charge on any atom is 0.314 e. The molecule has 0 amide bonds. The molecule has 0 saturated heterocycles. The van der Waals surface area contributed by atoms with Crippen LogP contribution < -0.4 is 16.6 Å². The van der Waals surface area contributed by atoms with Crippen LogP contribution in [0.4, 0.5) is 20.2 Å². The second kappa shape index (κ2) is 7.04. The van der Waals surface area contributed by atoms with Gasteiger partial charge < -0.3 is 15.2 Å². The van der Waals surface area contributed by atoms with Crippen LogP contribution in [0.2, 0.25) is 5.02 Å². The van der Waals surface area contributed by atoms with Gasteiger partial charge in [0.1, 0.15) is 0 Å². The number of nitrogens with zero attached hydrogens (tertiary/aromatic N) is 3. The molecular weight excluding hydrogens is 352 g/mol. The molecule has 1 aromatic heterocycles. The number of hydrogen-bond donors (Lipinski definition) is 2. The summed E-state index contributed by atoms with van der Waals surface area (Å²) >= 11 is 5.96. The number of nitrogens with two attached hydrogens (primary N) is 2. The molecule has 0 aliphatic heterocycles. The SMILES string of the molecule is Nc1ccc(Cl)cc1N(N)Cc1ccc(-c2nnc(C(F)F)o2)cc1. The number of aromatic nitrogens is 2. The maximum absolute atomic E-state index is 12.5. The zero-order valence-corrected chi connectivity index (χ0v) is 13.6. The van der Waals surface area contributed by atoms with Crippen LogP contribution in [0.1, 0.15) is 17.9 Å². The Labute approximate surface area is 147 Å². The van der Waals surface area contributed by atoms with Crippen LogP contribution in [-0.4, -0.2) is 10.2 Å². The van der Waals surface area contributed by atoms with Crippen LogP contribution in [0.25, 0.3) is 11.5 Å². The molecule has 0 aliphatic carbocycles. The van der Waals surface area contributed by atoms with E-state index in [0.29, 0.717) is 28.5 Å². The quantitative estimate of drug-likeness (QED) is 0.406. The highest BCUT2D eigenvalue weighted by Crippen LogP contribution is 2.27. The number of anilines is 2. The third kappa shape index (κ3) is 3.86. The first-order valence-electron chi connectivity index (χ1n) is 7.22. The van der Waals surface area contributed by atoms with Crippen LogP contribution in [0.3, 0.4) is 0 Å². The molecule has 3 rings (SSSR count). The predicted molar refractivity (Wildman–Crippen MR) is 90.9 cm³/mol. The number of nitrogen functional groups attached to an aromatic ring is 1. The van der Waals surface area contributed by atoms with Crippen molar-refractivity contribution in [2.24, 2.45) is 5.84 Å². The molecule has 4 N–H and O–H groups in total. The Morgan fingerprint density at radius 2 is 1.84 bits per heavy atom. The Kier molecular flexibility index (Phi) is 4.82. The fourth-order valence-electron chi connectivity index (χ4n) is 2.24. The zero-order valence-electron chi connectivity index (χ0n) is 12.9. The monoisotopic (exact) mass is 365 g/mol. The lowest BCUT2D eigenvalue weighted by atomic mass is 10.1. The van der Waals surface area contributed by atoms with E-state index in [4.69, 9.17) is 27.6 Å². The highest BCUT2D eigenvalue weighted by molar-refractivity contribution is 6.31. The van der Waals surface area contributed by atoms with Crippen molar-refractivity contribution in [1.29, 1.82) is 0 Å². The smallest absolute Gasteiger partial charge is 0.314 e. The molecule has 6 nitrogen and oxygen atoms in total. The van der Waals surface area contributed by atoms with Crippen molar-refractivity contribution in [2.75, 3.05) is 10.7 Å². The first-order chi connectivity index (χ1) is 11.9. The molecule has 2 aromatic carbocycles. The maximum atomic E-state index is 12.5. The Balaban J connectivity index is 1.74. The molecule has 130 valence electrons. The lowest BCUT2D eigenvalue weighted by Crippen LogP contribution is -2.30. The number of hydrogen-bond acceptors (Lipinski definition) is 6. The minimum absolute atomic E-state index is 0.0329. The summed E-state index contributed by atoms with van der Waals surface area (Å²) in [6.07, 6.45) is -2.80. The normalized spacial score (nSPS) is 11.1. The summed E-state index contributed by atoms with van der Waals surface area (Å²) in [5, 5.41) is 8.90. The van der Waals surface area contributed by atoms with Gasteiger partial charge in [0.25, 0.3) is 5.89 Å². The van der Waals surface area contributed by atoms with Crippen LogP contribution in [0, 0.1) is 0 Å². The summed E-state index contributed by atoms with van der Waals surface area (Å²) in [6, 6.07) is 12.0. The molecule has 9 heteroatoms. The van der Waals surface area contributed by atoms with Gasteiger partial charge in [0.2, 0.25) is 5.89 Å². The van der Waals surface area contributed by atoms with Gasteiger partial charge in [-0.25, -0.2) is 5.84 Å². The van der Waals surface area contributed by atoms with Gasteiger partial charge in [-0.05, 0) is 35.9 Å². The van der Waals surface area contributed by atoms with Crippen molar-refractivity contribution < 1.29 is 13.2 Å². The van der Waals surface area contributed by atoms with Crippen molar-refractivity contribution >= 4 is 23.0 Å². The van der Waals surface area contributed by atoms with E-state index < -0.39 is 12.3 Å². The zero-order chi connectivity index (χ0) is 18.0. The molecule has 1 heterocycles. The van der Waals surface area contributed by atoms with E-state index in [1.54, 1.807) is 42.5 Å². The van der Waals surface area contributed by atoms with Gasteiger partial charge in [-0.3, -0.25) is 0 Å². The van der Waals surface area contributed by atoms with Gasteiger partial charge in [-0.2, -0.15) is 8.78 Å². The number of halogens is 3. The van der Waals surface area contributed by atoms with E-state index in [-0.39, 0.29) is 5.89 Å². The van der Waals surface area contributed by atoms with Gasteiger partial charge in [-0.15, -0.1) is 10.2 Å². The molecule has 0 bridgehead atoms. The minimum Gasteiger partial charge on any atom is -0.415 e. The van der Waals surface area contributed by atoms with Crippen molar-refractivity contribution in [2.45, 2.75) is 13.0 Å². The van der Waals surface area contributed by atoms with Gasteiger partial charge in [0.05, 0.1) is 17.9 Å². The summed E-state index contributed by atoms with van der Waals surface area (Å²) in [6.45, 7) is 0.372. The van der Waals surface area contributed by atoms with Crippen molar-refractivity contribution in [1.82, 2.24) is 10.2 Å². The van der Waals surface area contributed by atoms with Gasteiger partial charge >= 0.3 is 6.43 Å². The van der Waals surface area contributed by atoms with Crippen LogP contribution in [0.5, 0.6) is 0 Å². The van der Waals surface area contributed by atoms with Gasteiger partial charge in [0, 0.05) is 10.6 Å². The lowest BCUT2D eigenvalue weighted by Gasteiger charge is -2.20. The average molecular weight is 366 g/mol. The van der Waals surface area contributed by atoms with Crippen molar-refractivity contribution in [3.63, 3.8) is 0 Å². The summed E-state index contributed by atoms with van der Waals surface area (Å²) in [7, 11) is 0. The highest BCUT2D eigenvalue weighted by Gasteiger charge is 2.17. The topological polar surface area (TPSA) is 94.2 Å². The summed E-state index contributed by atoms with van der Waals surface area (Å²) in [5.74, 6) is 5.38. The average Bonchev–Trinajstić information content (AvgIpc) is 3.08. The van der Waals surface area contributed by atoms with Crippen LogP contribution in [0.15, 0.2) is 46.9 Å². The molecule has 0 radical (unpaired) electrons. The minimum atomic E-state index is -2.80. The molecule has 25 heavy (non-hydrogen) atoms. The molecule has 0 fully saturated rings. The second-order valence-corrected chi connectivity index (χ2v) is 5.71. The lowest BCUT2D eigenvalue weighted by molar-refractivity contribution is 0.116. The summed E-state index contributed by atoms with van der Waals surface area (Å²) in [4.78, 5) is 0. The Morgan fingerprint density at radius 1 is 1.12 bits per heavy atom. The van der Waals surface area contributed by atoms with E-state index >= 15 is 0 Å². The Bertz CT molecular complexity index is 869. The number of alkyl halides is 2. The molecule has 0 unspecified atom stereocenters. The fraction of sp³-hybridized carbons (Fsp3) is 0.125. The standard InChI is InChI=1S/C16H14ClF2N5O/c17-11-5-6-12(20)13(7-11)24(21)8-9-1-3-10(4-2-9)15-22-23-16(25-15)14(18)19/h1-7,14H,8,20-21H2. The molecule has 0 aliphatic rings. The van der Waals surface area contributed by atoms with Gasteiger partial charge in [0.15, 0.2) is 0 Å². The Hall–Kier alpha value is -2.71. The Morgan fingerprint density at radius 3 is 2.48 bits per heavy atom. The molecule has 0 saturated carbocycles. The number of benzene rings is 2. The van der Waals surface area contributed by atoms with Crippen LogP contribution in [-0.2, 0) is 6.54 Å². The molecule has 0 spiro atoms. The summed E-state index contributed by atoms with van der Waals surface area (Å²) in [5.41, 5.74) is 8.43. The van der Waals surface area contributed by atoms with E-state index in [9.17, 15) is 8.78 Å². The second-order valence-electron chi connectivity index (χ2n) is 5.27. The van der Waals surface area contributed by atoms with E-state index in [0.717, 1.165) is 5.56 Å². The first kappa shape index (κ1) is 17.1. The van der Waals surface area contributed by atoms with Crippen molar-refractivity contribution in [3.8, 4) is 11.5 Å². The molecule has 0 atom stereocenters. The molecular formula is C16H14ClF2N5O. The number of rotatable bonds is 5. The van der Waals surface area contributed by atoms with E-state index in [2.05, 4.69) is 10.2 Å². The van der Waals surface area contributed by atoms with Crippen LogP contribution >= 0.6 is 11.6 Å². The third-order valence-electron chi connectivity index (χ3n) is 3.48. The summed E-state index contributed by atoms with van der Waals surface area (Å²) < 4.78 is 29.9. The third-order valence-corrected chi connectivity index (χ3v) is 3.72.